The highest BCUT2D eigenvalue weighted by atomic mass is 32.2. The van der Waals surface area contributed by atoms with Crippen LogP contribution in [0, 0.1) is 19.8 Å². The second-order valence-corrected chi connectivity index (χ2v) is 10.2. The van der Waals surface area contributed by atoms with Gasteiger partial charge in [-0.1, -0.05) is 18.2 Å². The summed E-state index contributed by atoms with van der Waals surface area (Å²) in [6, 6.07) is 9.55. The van der Waals surface area contributed by atoms with Crippen molar-refractivity contribution in [2.24, 2.45) is 5.92 Å². The maximum Gasteiger partial charge on any atom is 0.246 e. The normalized spacial score (nSPS) is 19.2. The van der Waals surface area contributed by atoms with Crippen molar-refractivity contribution in [2.45, 2.75) is 50.8 Å². The van der Waals surface area contributed by atoms with Crippen LogP contribution < -0.4 is 0 Å². The van der Waals surface area contributed by atoms with Crippen LogP contribution in [0.15, 0.2) is 35.2 Å². The Kier molecular flexibility index (Phi) is 5.97. The third kappa shape index (κ3) is 3.90. The van der Waals surface area contributed by atoms with Gasteiger partial charge in [0, 0.05) is 32.1 Å². The molecule has 7 nitrogen and oxygen atoms in total. The second-order valence-electron chi connectivity index (χ2n) is 8.31. The van der Waals surface area contributed by atoms with Gasteiger partial charge < -0.3 is 4.90 Å². The molecule has 0 atom stereocenters. The Labute approximate surface area is 178 Å². The van der Waals surface area contributed by atoms with Crippen molar-refractivity contribution >= 4 is 15.9 Å². The predicted molar refractivity (Wildman–Crippen MR) is 115 cm³/mol. The van der Waals surface area contributed by atoms with E-state index < -0.39 is 10.0 Å². The number of amides is 1. The number of carbonyl (C=O) groups excluding carboxylic acids is 1. The van der Waals surface area contributed by atoms with E-state index in [0.29, 0.717) is 37.3 Å². The number of hydrogen-bond donors (Lipinski definition) is 0. The van der Waals surface area contributed by atoms with Gasteiger partial charge >= 0.3 is 0 Å². The molecule has 3 heterocycles. The Morgan fingerprint density at radius 3 is 2.23 bits per heavy atom. The maximum atomic E-state index is 13.4. The largest absolute Gasteiger partial charge is 0.342 e. The molecule has 2 fully saturated rings. The number of nitrogens with zero attached hydrogens (tertiary/aromatic N) is 4. The minimum Gasteiger partial charge on any atom is -0.342 e. The number of para-hydroxylation sites is 1. The summed E-state index contributed by atoms with van der Waals surface area (Å²) < 4.78 is 30.1. The first kappa shape index (κ1) is 21.1. The first-order chi connectivity index (χ1) is 14.4. The van der Waals surface area contributed by atoms with Crippen LogP contribution in [0.25, 0.3) is 5.69 Å². The summed E-state index contributed by atoms with van der Waals surface area (Å²) in [5, 5.41) is 4.50. The Morgan fingerprint density at radius 2 is 1.60 bits per heavy atom. The van der Waals surface area contributed by atoms with E-state index in [2.05, 4.69) is 5.10 Å². The number of piperidine rings is 2. The molecule has 0 N–H and O–H groups in total. The monoisotopic (exact) mass is 430 g/mol. The fraction of sp³-hybridized carbons (Fsp3) is 0.545. The molecule has 2 saturated heterocycles. The first-order valence-electron chi connectivity index (χ1n) is 10.8. The van der Waals surface area contributed by atoms with Gasteiger partial charge in [0.25, 0.3) is 0 Å². The molecule has 1 aromatic carbocycles. The van der Waals surface area contributed by atoms with Crippen LogP contribution in [0.1, 0.15) is 43.5 Å². The molecule has 8 heteroatoms. The Bertz CT molecular complexity index is 1000. The topological polar surface area (TPSA) is 75.5 Å². The summed E-state index contributed by atoms with van der Waals surface area (Å²) in [7, 11) is -3.66. The zero-order valence-electron chi connectivity index (χ0n) is 17.7. The molecule has 0 saturated carbocycles. The van der Waals surface area contributed by atoms with Gasteiger partial charge in [0.1, 0.15) is 4.90 Å². The lowest BCUT2D eigenvalue weighted by Gasteiger charge is -2.35. The van der Waals surface area contributed by atoms with Crippen LogP contribution in [0.3, 0.4) is 0 Å². The molecule has 2 aliphatic rings. The number of aryl methyl sites for hydroxylation is 1. The lowest BCUT2D eigenvalue weighted by Crippen LogP contribution is -2.45. The lowest BCUT2D eigenvalue weighted by molar-refractivity contribution is -0.137. The molecule has 1 aromatic heterocycles. The summed E-state index contributed by atoms with van der Waals surface area (Å²) in [6.45, 7) is 5.98. The highest BCUT2D eigenvalue weighted by Crippen LogP contribution is 2.30. The van der Waals surface area contributed by atoms with Crippen LogP contribution in [0.2, 0.25) is 0 Å². The number of sulfonamides is 1. The number of likely N-dealkylation sites (tertiary alicyclic amines) is 1. The van der Waals surface area contributed by atoms with Gasteiger partial charge in [-0.25, -0.2) is 13.1 Å². The number of carbonyl (C=O) groups is 1. The van der Waals surface area contributed by atoms with E-state index in [9.17, 15) is 13.2 Å². The molecule has 0 bridgehead atoms. The first-order valence-corrected chi connectivity index (χ1v) is 12.2. The zero-order chi connectivity index (χ0) is 21.3. The molecule has 0 spiro atoms. The fourth-order valence-corrected chi connectivity index (χ4v) is 6.49. The standard InChI is InChI=1S/C22H30N4O3S/c1-17-21(18(2)26(23-17)20-9-5-3-6-10-20)30(28,29)25-15-11-19(12-16-25)22(27)24-13-7-4-8-14-24/h3,5-6,9-10,19H,4,7-8,11-16H2,1-2H3. The van der Waals surface area contributed by atoms with Gasteiger partial charge in [0.15, 0.2) is 0 Å². The van der Waals surface area contributed by atoms with E-state index >= 15 is 0 Å². The Hall–Kier alpha value is -2.19. The average molecular weight is 431 g/mol. The highest BCUT2D eigenvalue weighted by molar-refractivity contribution is 7.89. The number of rotatable bonds is 4. The van der Waals surface area contributed by atoms with Crippen LogP contribution in [0.5, 0.6) is 0 Å². The van der Waals surface area contributed by atoms with Crippen molar-refractivity contribution in [1.29, 1.82) is 0 Å². The molecule has 162 valence electrons. The van der Waals surface area contributed by atoms with Crippen molar-refractivity contribution in [1.82, 2.24) is 19.0 Å². The van der Waals surface area contributed by atoms with E-state index in [0.717, 1.165) is 31.6 Å². The van der Waals surface area contributed by atoms with Crippen molar-refractivity contribution in [3.8, 4) is 5.69 Å². The quantitative estimate of drug-likeness (QED) is 0.747. The van der Waals surface area contributed by atoms with Gasteiger partial charge in [-0.3, -0.25) is 4.79 Å². The molecular formula is C22H30N4O3S. The Balaban J connectivity index is 1.50. The van der Waals surface area contributed by atoms with E-state index in [1.807, 2.05) is 35.2 Å². The summed E-state index contributed by atoms with van der Waals surface area (Å²) in [5.74, 6) is 0.139. The molecule has 30 heavy (non-hydrogen) atoms. The fourth-order valence-electron chi connectivity index (χ4n) is 4.67. The van der Waals surface area contributed by atoms with Crippen LogP contribution >= 0.6 is 0 Å². The second kappa shape index (κ2) is 8.51. The van der Waals surface area contributed by atoms with Gasteiger partial charge in [-0.15, -0.1) is 0 Å². The SMILES string of the molecule is Cc1nn(-c2ccccc2)c(C)c1S(=O)(=O)N1CCC(C(=O)N2CCCCC2)CC1. The predicted octanol–water partition coefficient (Wildman–Crippen LogP) is 2.90. The molecule has 0 aliphatic carbocycles. The number of aromatic nitrogens is 2. The molecule has 1 amide bonds. The van der Waals surface area contributed by atoms with E-state index in [-0.39, 0.29) is 16.7 Å². The molecule has 0 unspecified atom stereocenters. The van der Waals surface area contributed by atoms with Crippen LogP contribution in [-0.2, 0) is 14.8 Å². The molecule has 4 rings (SSSR count). The van der Waals surface area contributed by atoms with Crippen molar-refractivity contribution in [3.63, 3.8) is 0 Å². The van der Waals surface area contributed by atoms with Crippen molar-refractivity contribution < 1.29 is 13.2 Å². The smallest absolute Gasteiger partial charge is 0.246 e. The van der Waals surface area contributed by atoms with E-state index in [4.69, 9.17) is 0 Å². The van der Waals surface area contributed by atoms with Crippen LogP contribution in [0.4, 0.5) is 0 Å². The summed E-state index contributed by atoms with van der Waals surface area (Å²) in [6.07, 6.45) is 4.50. The van der Waals surface area contributed by atoms with Gasteiger partial charge in [-0.2, -0.15) is 9.40 Å². The van der Waals surface area contributed by atoms with Crippen molar-refractivity contribution in [3.05, 3.63) is 41.7 Å². The molecule has 2 aromatic rings. The van der Waals surface area contributed by atoms with E-state index in [1.54, 1.807) is 18.5 Å². The summed E-state index contributed by atoms with van der Waals surface area (Å²) in [4.78, 5) is 15.0. The third-order valence-corrected chi connectivity index (χ3v) is 8.45. The van der Waals surface area contributed by atoms with E-state index in [1.165, 1.54) is 10.7 Å². The molecular weight excluding hydrogens is 400 g/mol. The van der Waals surface area contributed by atoms with Gasteiger partial charge in [0.2, 0.25) is 15.9 Å². The third-order valence-electron chi connectivity index (χ3n) is 6.29. The number of benzene rings is 1. The molecule has 2 aliphatic heterocycles. The highest BCUT2D eigenvalue weighted by Gasteiger charge is 2.36. The van der Waals surface area contributed by atoms with Crippen LogP contribution in [-0.4, -0.2) is 59.5 Å². The average Bonchev–Trinajstić information content (AvgIpc) is 3.09. The lowest BCUT2D eigenvalue weighted by atomic mass is 9.95. The Morgan fingerprint density at radius 1 is 0.967 bits per heavy atom. The van der Waals surface area contributed by atoms with Gasteiger partial charge in [0.05, 0.1) is 17.1 Å². The minimum atomic E-state index is -3.66. The number of hydrogen-bond acceptors (Lipinski definition) is 4. The van der Waals surface area contributed by atoms with Gasteiger partial charge in [-0.05, 0) is 58.1 Å². The molecule has 0 radical (unpaired) electrons. The van der Waals surface area contributed by atoms with Crippen molar-refractivity contribution in [2.75, 3.05) is 26.2 Å². The maximum absolute atomic E-state index is 13.4. The minimum absolute atomic E-state index is 0.0659. The zero-order valence-corrected chi connectivity index (χ0v) is 18.6. The summed E-state index contributed by atoms with van der Waals surface area (Å²) in [5.41, 5.74) is 1.96. The summed E-state index contributed by atoms with van der Waals surface area (Å²) >= 11 is 0.